The highest BCUT2D eigenvalue weighted by Crippen LogP contribution is 2.15. The van der Waals surface area contributed by atoms with Gasteiger partial charge in [0.1, 0.15) is 6.54 Å². The predicted octanol–water partition coefficient (Wildman–Crippen LogP) is 0.0387. The van der Waals surface area contributed by atoms with Crippen molar-refractivity contribution in [2.24, 2.45) is 0 Å². The first-order valence-electron chi connectivity index (χ1n) is 5.10. The second-order valence-electron chi connectivity index (χ2n) is 3.61. The minimum absolute atomic E-state index is 0.183. The molecule has 1 aromatic heterocycles. The van der Waals surface area contributed by atoms with Gasteiger partial charge in [-0.25, -0.2) is 4.79 Å². The Labute approximate surface area is 101 Å². The molecule has 2 aromatic rings. The van der Waals surface area contributed by atoms with Gasteiger partial charge in [-0.15, -0.1) is 0 Å². The van der Waals surface area contributed by atoms with Crippen molar-refractivity contribution in [2.45, 2.75) is 6.54 Å². The highest BCUT2D eigenvalue weighted by atomic mass is 16.4. The van der Waals surface area contributed by atoms with Gasteiger partial charge in [0.2, 0.25) is 0 Å². The number of aliphatic carboxylic acids is 1. The molecule has 1 aromatic carbocycles. The van der Waals surface area contributed by atoms with E-state index in [2.05, 4.69) is 5.32 Å². The fourth-order valence-corrected chi connectivity index (χ4v) is 1.64. The molecule has 0 saturated carbocycles. The Balaban J connectivity index is 2.58. The molecule has 0 aliphatic heterocycles. The average molecular weight is 250 g/mol. The molecular weight excluding hydrogens is 240 g/mol. The number of carbonyl (C=O) groups excluding carboxylic acids is 1. The first-order chi connectivity index (χ1) is 8.52. The number of benzene rings is 1. The van der Waals surface area contributed by atoms with Gasteiger partial charge >= 0.3 is 11.7 Å². The number of carboxylic acids is 1. The maximum Gasteiger partial charge on any atom is 0.420 e. The Bertz CT molecular complexity index is 682. The number of carboxylic acid groups (broad SMARTS) is 1. The molecular formula is C11H10N2O5. The summed E-state index contributed by atoms with van der Waals surface area (Å²) >= 11 is 0. The van der Waals surface area contributed by atoms with Crippen molar-refractivity contribution in [3.8, 4) is 0 Å². The number of hydrogen-bond donors (Lipinski definition) is 2. The molecule has 0 aliphatic rings. The molecule has 7 heteroatoms. The third kappa shape index (κ3) is 1.97. The lowest BCUT2D eigenvalue weighted by atomic mass is 10.2. The molecule has 2 rings (SSSR count). The van der Waals surface area contributed by atoms with Crippen molar-refractivity contribution in [3.63, 3.8) is 0 Å². The summed E-state index contributed by atoms with van der Waals surface area (Å²) in [6, 6.07) is 4.37. The van der Waals surface area contributed by atoms with E-state index < -0.39 is 18.3 Å². The number of rotatable bonds is 3. The minimum atomic E-state index is -1.14. The molecule has 0 unspecified atom stereocenters. The summed E-state index contributed by atoms with van der Waals surface area (Å²) in [5.41, 5.74) is 0.860. The number of nitrogens with zero attached hydrogens (tertiary/aromatic N) is 1. The Morgan fingerprint density at radius 1 is 1.44 bits per heavy atom. The lowest BCUT2D eigenvalue weighted by Gasteiger charge is -2.00. The van der Waals surface area contributed by atoms with Gasteiger partial charge in [0.05, 0.1) is 5.52 Å². The van der Waals surface area contributed by atoms with Gasteiger partial charge in [-0.2, -0.15) is 0 Å². The minimum Gasteiger partial charge on any atom is -0.480 e. The van der Waals surface area contributed by atoms with E-state index in [1.54, 1.807) is 0 Å². The number of nitrogens with one attached hydrogen (secondary N) is 1. The van der Waals surface area contributed by atoms with Crippen molar-refractivity contribution in [3.05, 3.63) is 34.3 Å². The number of carbonyl (C=O) groups is 2. The SMILES string of the molecule is CNC(=O)c1ccc2c(c1)oc(=O)n2CC(=O)O. The van der Waals surface area contributed by atoms with Crippen molar-refractivity contribution in [1.29, 1.82) is 0 Å². The van der Waals surface area contributed by atoms with Crippen LogP contribution in [0.15, 0.2) is 27.4 Å². The van der Waals surface area contributed by atoms with Crippen LogP contribution in [0.5, 0.6) is 0 Å². The number of aromatic nitrogens is 1. The van der Waals surface area contributed by atoms with E-state index in [0.717, 1.165) is 4.57 Å². The number of oxazole rings is 1. The maximum atomic E-state index is 11.5. The van der Waals surface area contributed by atoms with Gasteiger partial charge in [0.25, 0.3) is 5.91 Å². The van der Waals surface area contributed by atoms with Crippen molar-refractivity contribution in [2.75, 3.05) is 7.05 Å². The number of amides is 1. The standard InChI is InChI=1S/C11H10N2O5/c1-12-10(16)6-2-3-7-8(4-6)18-11(17)13(7)5-9(14)15/h2-4H,5H2,1H3,(H,12,16)(H,14,15). The van der Waals surface area contributed by atoms with Gasteiger partial charge in [-0.1, -0.05) is 0 Å². The fourth-order valence-electron chi connectivity index (χ4n) is 1.64. The lowest BCUT2D eigenvalue weighted by molar-refractivity contribution is -0.137. The summed E-state index contributed by atoms with van der Waals surface area (Å²) < 4.78 is 5.89. The Kier molecular flexibility index (Phi) is 2.88. The van der Waals surface area contributed by atoms with E-state index in [9.17, 15) is 14.4 Å². The Morgan fingerprint density at radius 2 is 2.17 bits per heavy atom. The average Bonchev–Trinajstić information content (AvgIpc) is 2.63. The molecule has 0 aliphatic carbocycles. The molecule has 0 radical (unpaired) electrons. The molecule has 0 spiro atoms. The lowest BCUT2D eigenvalue weighted by Crippen LogP contribution is -2.19. The van der Waals surface area contributed by atoms with E-state index in [1.807, 2.05) is 0 Å². The predicted molar refractivity (Wildman–Crippen MR) is 61.5 cm³/mol. The Hall–Kier alpha value is -2.57. The van der Waals surface area contributed by atoms with Crippen LogP contribution in [0.3, 0.4) is 0 Å². The quantitative estimate of drug-likeness (QED) is 0.800. The van der Waals surface area contributed by atoms with Crippen LogP contribution < -0.4 is 11.1 Å². The van der Waals surface area contributed by atoms with E-state index in [4.69, 9.17) is 9.52 Å². The second kappa shape index (κ2) is 4.36. The summed E-state index contributed by atoms with van der Waals surface area (Å²) in [6.45, 7) is -0.481. The van der Waals surface area contributed by atoms with Gasteiger partial charge < -0.3 is 14.8 Å². The molecule has 18 heavy (non-hydrogen) atoms. The molecule has 1 amide bonds. The van der Waals surface area contributed by atoms with Crippen molar-refractivity contribution < 1.29 is 19.1 Å². The zero-order valence-electron chi connectivity index (χ0n) is 9.47. The largest absolute Gasteiger partial charge is 0.480 e. The van der Waals surface area contributed by atoms with Crippen LogP contribution in [-0.4, -0.2) is 28.6 Å². The zero-order valence-corrected chi connectivity index (χ0v) is 9.47. The Morgan fingerprint density at radius 3 is 2.78 bits per heavy atom. The zero-order chi connectivity index (χ0) is 13.3. The molecule has 7 nitrogen and oxygen atoms in total. The monoisotopic (exact) mass is 250 g/mol. The van der Waals surface area contributed by atoms with Crippen LogP contribution in [0, 0.1) is 0 Å². The van der Waals surface area contributed by atoms with Gasteiger partial charge in [-0.3, -0.25) is 14.2 Å². The molecule has 94 valence electrons. The maximum absolute atomic E-state index is 11.5. The van der Waals surface area contributed by atoms with Crippen molar-refractivity contribution >= 4 is 23.0 Å². The normalized spacial score (nSPS) is 10.5. The highest BCUT2D eigenvalue weighted by Gasteiger charge is 2.13. The van der Waals surface area contributed by atoms with Crippen molar-refractivity contribution in [1.82, 2.24) is 9.88 Å². The first-order valence-corrected chi connectivity index (χ1v) is 5.10. The summed E-state index contributed by atoms with van der Waals surface area (Å²) in [4.78, 5) is 33.5. The first kappa shape index (κ1) is 11.9. The molecule has 0 atom stereocenters. The second-order valence-corrected chi connectivity index (χ2v) is 3.61. The van der Waals surface area contributed by atoms with Crippen LogP contribution in [0.4, 0.5) is 0 Å². The number of hydrogen-bond acceptors (Lipinski definition) is 4. The smallest absolute Gasteiger partial charge is 0.420 e. The third-order valence-electron chi connectivity index (χ3n) is 2.45. The highest BCUT2D eigenvalue weighted by molar-refractivity contribution is 5.96. The van der Waals surface area contributed by atoms with Crippen LogP contribution >= 0.6 is 0 Å². The molecule has 0 fully saturated rings. The summed E-state index contributed by atoms with van der Waals surface area (Å²) in [5.74, 6) is -2.22. The fraction of sp³-hybridized carbons (Fsp3) is 0.182. The van der Waals surface area contributed by atoms with Crippen LogP contribution in [0.1, 0.15) is 10.4 Å². The van der Waals surface area contributed by atoms with Crippen LogP contribution in [0.2, 0.25) is 0 Å². The molecule has 0 bridgehead atoms. The molecule has 1 heterocycles. The van der Waals surface area contributed by atoms with Gasteiger partial charge in [-0.05, 0) is 18.2 Å². The van der Waals surface area contributed by atoms with Crippen LogP contribution in [-0.2, 0) is 11.3 Å². The van der Waals surface area contributed by atoms with Gasteiger partial charge in [0.15, 0.2) is 5.58 Å². The third-order valence-corrected chi connectivity index (χ3v) is 2.45. The van der Waals surface area contributed by atoms with E-state index in [-0.39, 0.29) is 11.5 Å². The summed E-state index contributed by atoms with van der Waals surface area (Å²) in [5, 5.41) is 11.1. The van der Waals surface area contributed by atoms with Gasteiger partial charge in [0, 0.05) is 12.6 Å². The van der Waals surface area contributed by atoms with Crippen LogP contribution in [0.25, 0.3) is 11.1 Å². The molecule has 2 N–H and O–H groups in total. The van der Waals surface area contributed by atoms with E-state index in [0.29, 0.717) is 11.1 Å². The topological polar surface area (TPSA) is 102 Å². The van der Waals surface area contributed by atoms with E-state index >= 15 is 0 Å². The van der Waals surface area contributed by atoms with E-state index in [1.165, 1.54) is 25.2 Å². The number of fused-ring (bicyclic) bond motifs is 1. The molecule has 0 saturated heterocycles. The summed E-state index contributed by atoms with van der Waals surface area (Å²) in [6.07, 6.45) is 0. The summed E-state index contributed by atoms with van der Waals surface area (Å²) in [7, 11) is 1.48.